The summed E-state index contributed by atoms with van der Waals surface area (Å²) in [5.41, 5.74) is 0.998. The van der Waals surface area contributed by atoms with Gasteiger partial charge in [-0.2, -0.15) is 0 Å². The van der Waals surface area contributed by atoms with E-state index < -0.39 is 17.3 Å². The van der Waals surface area contributed by atoms with Gasteiger partial charge >= 0.3 is 5.97 Å². The van der Waals surface area contributed by atoms with Crippen LogP contribution in [0.1, 0.15) is 57.4 Å². The summed E-state index contributed by atoms with van der Waals surface area (Å²) in [7, 11) is 0. The lowest BCUT2D eigenvalue weighted by molar-refractivity contribution is -0.129. The third kappa shape index (κ3) is 4.42. The highest BCUT2D eigenvalue weighted by Gasteiger charge is 2.36. The average molecular weight is 393 g/mol. The number of rotatable bonds is 6. The van der Waals surface area contributed by atoms with E-state index in [1.807, 2.05) is 30.3 Å². The van der Waals surface area contributed by atoms with Gasteiger partial charge in [-0.05, 0) is 30.2 Å². The van der Waals surface area contributed by atoms with Crippen LogP contribution in [0, 0.1) is 5.41 Å². The molecule has 1 aliphatic rings. The maximum absolute atomic E-state index is 12.7. The molecule has 0 aliphatic carbocycles. The van der Waals surface area contributed by atoms with Crippen molar-refractivity contribution in [3.05, 3.63) is 70.8 Å². The second-order valence-corrected chi connectivity index (χ2v) is 8.01. The molecule has 0 N–H and O–H groups in total. The Bertz CT molecular complexity index is 973. The van der Waals surface area contributed by atoms with Gasteiger partial charge in [0.05, 0.1) is 16.7 Å². The molecule has 1 aliphatic heterocycles. The molecule has 0 fully saturated rings. The van der Waals surface area contributed by atoms with Gasteiger partial charge in [0, 0.05) is 12.0 Å². The summed E-state index contributed by atoms with van der Waals surface area (Å²) in [4.78, 5) is 50.7. The highest BCUT2D eigenvalue weighted by molar-refractivity contribution is 6.22. The third-order valence-electron chi connectivity index (χ3n) is 4.84. The summed E-state index contributed by atoms with van der Waals surface area (Å²) in [6, 6.07) is 13.8. The van der Waals surface area contributed by atoms with Crippen molar-refractivity contribution in [1.82, 2.24) is 4.90 Å². The molecule has 0 saturated carbocycles. The molecule has 0 unspecified atom stereocenters. The fourth-order valence-corrected chi connectivity index (χ4v) is 2.94. The number of esters is 1. The lowest BCUT2D eigenvalue weighted by atomic mass is 9.91. The van der Waals surface area contributed by atoms with Crippen LogP contribution in [0.25, 0.3) is 0 Å². The maximum Gasteiger partial charge on any atom is 0.338 e. The number of ketones is 1. The first-order valence-corrected chi connectivity index (χ1v) is 9.43. The van der Waals surface area contributed by atoms with Gasteiger partial charge in [0.15, 0.2) is 12.4 Å². The monoisotopic (exact) mass is 393 g/mol. The number of carbonyl (C=O) groups is 4. The SMILES string of the molecule is CC(C)(C)C(=O)COC(=O)c1ccc2c(c1)C(=O)N(CCc1ccccc1)C2=O. The zero-order valence-corrected chi connectivity index (χ0v) is 16.7. The number of imide groups is 1. The number of fused-ring (bicyclic) bond motifs is 1. The summed E-state index contributed by atoms with van der Waals surface area (Å²) in [6.07, 6.45) is 0.552. The number of nitrogens with zero attached hydrogens (tertiary/aromatic N) is 1. The van der Waals surface area contributed by atoms with Crippen LogP contribution in [-0.4, -0.2) is 41.6 Å². The van der Waals surface area contributed by atoms with Crippen LogP contribution in [0.4, 0.5) is 0 Å². The summed E-state index contributed by atoms with van der Waals surface area (Å²) in [6.45, 7) is 5.15. The Morgan fingerprint density at radius 3 is 2.24 bits per heavy atom. The first-order chi connectivity index (χ1) is 13.7. The van der Waals surface area contributed by atoms with Gasteiger partial charge in [-0.3, -0.25) is 19.3 Å². The van der Waals surface area contributed by atoms with E-state index in [1.165, 1.54) is 23.1 Å². The molecule has 2 aromatic rings. The van der Waals surface area contributed by atoms with E-state index >= 15 is 0 Å². The van der Waals surface area contributed by atoms with Gasteiger partial charge in [0.2, 0.25) is 0 Å². The van der Waals surface area contributed by atoms with Gasteiger partial charge in [-0.15, -0.1) is 0 Å². The summed E-state index contributed by atoms with van der Waals surface area (Å²) >= 11 is 0. The second kappa shape index (κ2) is 7.99. The molecule has 0 aromatic heterocycles. The van der Waals surface area contributed by atoms with Gasteiger partial charge in [0.1, 0.15) is 0 Å². The van der Waals surface area contributed by atoms with Crippen LogP contribution >= 0.6 is 0 Å². The normalized spacial score (nSPS) is 13.4. The first kappa shape index (κ1) is 20.5. The highest BCUT2D eigenvalue weighted by atomic mass is 16.5. The molecule has 3 rings (SSSR count). The molecule has 150 valence electrons. The van der Waals surface area contributed by atoms with Crippen molar-refractivity contribution in [1.29, 1.82) is 0 Å². The Balaban J connectivity index is 1.70. The topological polar surface area (TPSA) is 80.8 Å². The van der Waals surface area contributed by atoms with Gasteiger partial charge in [-0.1, -0.05) is 51.1 Å². The van der Waals surface area contributed by atoms with Crippen LogP contribution in [0.2, 0.25) is 0 Å². The van der Waals surface area contributed by atoms with Crippen molar-refractivity contribution >= 4 is 23.6 Å². The summed E-state index contributed by atoms with van der Waals surface area (Å²) in [5.74, 6) is -1.70. The van der Waals surface area contributed by atoms with Gasteiger partial charge in [-0.25, -0.2) is 4.79 Å². The third-order valence-corrected chi connectivity index (χ3v) is 4.84. The fraction of sp³-hybridized carbons (Fsp3) is 0.304. The number of benzene rings is 2. The highest BCUT2D eigenvalue weighted by Crippen LogP contribution is 2.25. The zero-order valence-electron chi connectivity index (χ0n) is 16.7. The minimum absolute atomic E-state index is 0.136. The Kier molecular flexibility index (Phi) is 5.64. The number of hydrogen-bond donors (Lipinski definition) is 0. The molecule has 0 bridgehead atoms. The fourth-order valence-electron chi connectivity index (χ4n) is 2.94. The van der Waals surface area contributed by atoms with E-state index in [0.717, 1.165) is 5.56 Å². The van der Waals surface area contributed by atoms with Crippen LogP contribution in [0.3, 0.4) is 0 Å². The lowest BCUT2D eigenvalue weighted by Gasteiger charge is -2.16. The molecule has 0 saturated heterocycles. The van der Waals surface area contributed by atoms with Crippen molar-refractivity contribution in [3.63, 3.8) is 0 Å². The van der Waals surface area contributed by atoms with Crippen molar-refractivity contribution in [3.8, 4) is 0 Å². The van der Waals surface area contributed by atoms with Crippen LogP contribution < -0.4 is 0 Å². The average Bonchev–Trinajstić information content (AvgIpc) is 2.94. The van der Waals surface area contributed by atoms with E-state index in [2.05, 4.69) is 0 Å². The molecule has 0 radical (unpaired) electrons. The minimum atomic E-state index is -0.701. The molecule has 2 amide bonds. The smallest absolute Gasteiger partial charge is 0.338 e. The molecule has 0 atom stereocenters. The molecule has 0 spiro atoms. The Morgan fingerprint density at radius 1 is 0.931 bits per heavy atom. The minimum Gasteiger partial charge on any atom is -0.454 e. The molecule has 6 nitrogen and oxygen atoms in total. The predicted molar refractivity (Wildman–Crippen MR) is 107 cm³/mol. The Hall–Kier alpha value is -3.28. The Labute approximate surface area is 169 Å². The van der Waals surface area contributed by atoms with E-state index in [-0.39, 0.29) is 41.5 Å². The number of hydrogen-bond acceptors (Lipinski definition) is 5. The van der Waals surface area contributed by atoms with Crippen LogP contribution in [0.15, 0.2) is 48.5 Å². The number of Topliss-reactive ketones (excluding diaryl/α,β-unsaturated/α-hetero) is 1. The van der Waals surface area contributed by atoms with E-state index in [0.29, 0.717) is 6.42 Å². The predicted octanol–water partition coefficient (Wildman–Crippen LogP) is 3.30. The number of amides is 2. The van der Waals surface area contributed by atoms with Crippen LogP contribution in [-0.2, 0) is 16.0 Å². The number of carbonyl (C=O) groups excluding carboxylic acids is 4. The lowest BCUT2D eigenvalue weighted by Crippen LogP contribution is -2.31. The summed E-state index contributed by atoms with van der Waals surface area (Å²) in [5, 5.41) is 0. The molecule has 2 aromatic carbocycles. The second-order valence-electron chi connectivity index (χ2n) is 8.01. The molecule has 29 heavy (non-hydrogen) atoms. The van der Waals surface area contributed by atoms with Crippen molar-refractivity contribution in [2.75, 3.05) is 13.2 Å². The van der Waals surface area contributed by atoms with Crippen molar-refractivity contribution in [2.24, 2.45) is 5.41 Å². The number of ether oxygens (including phenoxy) is 1. The van der Waals surface area contributed by atoms with Gasteiger partial charge in [0.25, 0.3) is 11.8 Å². The van der Waals surface area contributed by atoms with E-state index in [9.17, 15) is 19.2 Å². The summed E-state index contributed by atoms with van der Waals surface area (Å²) < 4.78 is 5.07. The van der Waals surface area contributed by atoms with E-state index in [4.69, 9.17) is 4.74 Å². The molecule has 6 heteroatoms. The molecular formula is C23H23NO5. The van der Waals surface area contributed by atoms with E-state index in [1.54, 1.807) is 20.8 Å². The Morgan fingerprint density at radius 2 is 1.59 bits per heavy atom. The zero-order chi connectivity index (χ0) is 21.2. The maximum atomic E-state index is 12.7. The standard InChI is InChI=1S/C23H23NO5/c1-23(2,3)19(25)14-29-22(28)16-9-10-17-18(13-16)21(27)24(20(17)26)12-11-15-7-5-4-6-8-15/h4-10,13H,11-12,14H2,1-3H3. The molecule has 1 heterocycles. The van der Waals surface area contributed by atoms with Crippen LogP contribution in [0.5, 0.6) is 0 Å². The first-order valence-electron chi connectivity index (χ1n) is 9.43. The van der Waals surface area contributed by atoms with Crippen molar-refractivity contribution in [2.45, 2.75) is 27.2 Å². The largest absolute Gasteiger partial charge is 0.454 e. The van der Waals surface area contributed by atoms with Crippen molar-refractivity contribution < 1.29 is 23.9 Å². The van der Waals surface area contributed by atoms with Gasteiger partial charge < -0.3 is 4.74 Å². The quantitative estimate of drug-likeness (QED) is 0.556. The molecular weight excluding hydrogens is 370 g/mol.